The molecule has 2 aliphatic rings. The van der Waals surface area contributed by atoms with Gasteiger partial charge in [0.15, 0.2) is 0 Å². The molecule has 1 aromatic carbocycles. The molecular formula is C20H23ClN2O2S2. The van der Waals surface area contributed by atoms with E-state index in [1.165, 1.54) is 11.8 Å². The molecule has 0 bridgehead atoms. The second-order valence-electron chi connectivity index (χ2n) is 6.78. The number of halogens is 1. The van der Waals surface area contributed by atoms with Crippen molar-refractivity contribution in [1.29, 1.82) is 0 Å². The van der Waals surface area contributed by atoms with E-state index in [1.54, 1.807) is 17.0 Å². The van der Waals surface area contributed by atoms with Gasteiger partial charge < -0.3 is 4.90 Å². The van der Waals surface area contributed by atoms with Crippen LogP contribution < -0.4 is 0 Å². The fourth-order valence-electron chi connectivity index (χ4n) is 3.25. The maximum absolute atomic E-state index is 12.6. The number of carbonyl (C=O) groups is 2. The van der Waals surface area contributed by atoms with E-state index in [2.05, 4.69) is 0 Å². The first-order chi connectivity index (χ1) is 13.0. The predicted octanol–water partition coefficient (Wildman–Crippen LogP) is 4.72. The van der Waals surface area contributed by atoms with Crippen LogP contribution in [0.4, 0.5) is 0 Å². The van der Waals surface area contributed by atoms with Crippen LogP contribution in [0.5, 0.6) is 0 Å². The molecule has 0 atom stereocenters. The summed E-state index contributed by atoms with van der Waals surface area (Å²) < 4.78 is 0.605. The Bertz CT molecular complexity index is 743. The normalized spacial score (nSPS) is 18.8. The van der Waals surface area contributed by atoms with Gasteiger partial charge >= 0.3 is 0 Å². The first-order valence-corrected chi connectivity index (χ1v) is 10.9. The van der Waals surface area contributed by atoms with E-state index in [0.29, 0.717) is 27.2 Å². The molecule has 27 heavy (non-hydrogen) atoms. The number of hydrogen-bond acceptors (Lipinski definition) is 4. The molecule has 0 aromatic heterocycles. The van der Waals surface area contributed by atoms with Gasteiger partial charge in [0.25, 0.3) is 5.91 Å². The fraction of sp³-hybridized carbons (Fsp3) is 0.450. The van der Waals surface area contributed by atoms with Crippen molar-refractivity contribution < 1.29 is 9.59 Å². The second kappa shape index (κ2) is 9.71. The number of nitrogens with zero attached hydrogens (tertiary/aromatic N) is 2. The fourth-order valence-corrected chi connectivity index (χ4v) is 4.69. The van der Waals surface area contributed by atoms with Gasteiger partial charge in [-0.05, 0) is 49.5 Å². The number of carbonyl (C=O) groups excluding carboxylic acids is 2. The Morgan fingerprint density at radius 1 is 1.15 bits per heavy atom. The number of likely N-dealkylation sites (tertiary alicyclic amines) is 1. The van der Waals surface area contributed by atoms with E-state index in [-0.39, 0.29) is 11.8 Å². The van der Waals surface area contributed by atoms with E-state index in [9.17, 15) is 9.59 Å². The summed E-state index contributed by atoms with van der Waals surface area (Å²) in [5.74, 6) is 0.233. The van der Waals surface area contributed by atoms with Crippen molar-refractivity contribution in [2.24, 2.45) is 0 Å². The van der Waals surface area contributed by atoms with Crippen molar-refractivity contribution in [3.05, 3.63) is 39.8 Å². The van der Waals surface area contributed by atoms with E-state index in [0.717, 1.165) is 50.8 Å². The third-order valence-corrected chi connectivity index (χ3v) is 6.40. The van der Waals surface area contributed by atoms with Crippen molar-refractivity contribution in [3.8, 4) is 0 Å². The minimum absolute atomic E-state index is 0.0342. The average molecular weight is 423 g/mol. The molecule has 2 heterocycles. The molecule has 0 radical (unpaired) electrons. The highest BCUT2D eigenvalue weighted by Crippen LogP contribution is 2.33. The molecule has 0 spiro atoms. The lowest BCUT2D eigenvalue weighted by Gasteiger charge is -2.16. The van der Waals surface area contributed by atoms with E-state index >= 15 is 0 Å². The minimum atomic E-state index is -0.0342. The highest BCUT2D eigenvalue weighted by molar-refractivity contribution is 8.26. The lowest BCUT2D eigenvalue weighted by atomic mass is 10.1. The Hall–Kier alpha value is -1.37. The monoisotopic (exact) mass is 422 g/mol. The maximum Gasteiger partial charge on any atom is 0.266 e. The summed E-state index contributed by atoms with van der Waals surface area (Å²) >= 11 is 12.6. The zero-order valence-corrected chi connectivity index (χ0v) is 17.5. The molecule has 4 nitrogen and oxygen atoms in total. The number of thiocarbonyl (C=S) groups is 1. The molecule has 3 rings (SSSR count). The third kappa shape index (κ3) is 5.56. The molecule has 0 N–H and O–H groups in total. The van der Waals surface area contributed by atoms with Gasteiger partial charge in [-0.15, -0.1) is 0 Å². The molecule has 7 heteroatoms. The van der Waals surface area contributed by atoms with Crippen LogP contribution >= 0.6 is 35.6 Å². The number of unbranched alkanes of at least 4 members (excludes halogenated alkanes) is 2. The van der Waals surface area contributed by atoms with Crippen molar-refractivity contribution in [3.63, 3.8) is 0 Å². The first kappa shape index (κ1) is 20.4. The summed E-state index contributed by atoms with van der Waals surface area (Å²) in [4.78, 5) is 28.9. The van der Waals surface area contributed by atoms with Crippen LogP contribution in [0.25, 0.3) is 6.08 Å². The van der Waals surface area contributed by atoms with Gasteiger partial charge in [-0.2, -0.15) is 0 Å². The van der Waals surface area contributed by atoms with Crippen LogP contribution in [0.1, 0.15) is 44.1 Å². The number of thioether (sulfide) groups is 1. The molecule has 2 amide bonds. The third-order valence-electron chi connectivity index (χ3n) is 4.77. The van der Waals surface area contributed by atoms with Gasteiger partial charge in [0, 0.05) is 31.1 Å². The van der Waals surface area contributed by atoms with E-state index in [1.807, 2.05) is 23.1 Å². The van der Waals surface area contributed by atoms with Gasteiger partial charge in [0.2, 0.25) is 5.91 Å². The summed E-state index contributed by atoms with van der Waals surface area (Å²) in [7, 11) is 0. The van der Waals surface area contributed by atoms with Crippen molar-refractivity contribution in [2.75, 3.05) is 19.6 Å². The first-order valence-electron chi connectivity index (χ1n) is 9.33. The standard InChI is InChI=1S/C20H23ClN2O2S2/c21-16-9-7-15(8-10-16)14-17-19(25)23(20(26)27-17)13-3-1-2-6-18(24)22-11-4-5-12-22/h7-10,14H,1-6,11-13H2. The molecule has 2 fully saturated rings. The zero-order chi connectivity index (χ0) is 19.2. The Morgan fingerprint density at radius 3 is 2.56 bits per heavy atom. The molecule has 2 aliphatic heterocycles. The smallest absolute Gasteiger partial charge is 0.266 e. The molecule has 0 aliphatic carbocycles. The van der Waals surface area contributed by atoms with Crippen molar-refractivity contribution >= 4 is 57.8 Å². The Kier molecular flexibility index (Phi) is 7.33. The van der Waals surface area contributed by atoms with Gasteiger partial charge in [-0.1, -0.05) is 54.1 Å². The second-order valence-corrected chi connectivity index (χ2v) is 8.90. The van der Waals surface area contributed by atoms with Gasteiger partial charge in [-0.25, -0.2) is 0 Å². The zero-order valence-electron chi connectivity index (χ0n) is 15.2. The van der Waals surface area contributed by atoms with Gasteiger partial charge in [0.1, 0.15) is 4.32 Å². The summed E-state index contributed by atoms with van der Waals surface area (Å²) in [5.41, 5.74) is 0.931. The summed E-state index contributed by atoms with van der Waals surface area (Å²) in [5, 5.41) is 0.669. The Morgan fingerprint density at radius 2 is 1.85 bits per heavy atom. The van der Waals surface area contributed by atoms with E-state index in [4.69, 9.17) is 23.8 Å². The number of hydrogen-bond donors (Lipinski definition) is 0. The van der Waals surface area contributed by atoms with Crippen molar-refractivity contribution in [1.82, 2.24) is 9.80 Å². The molecule has 144 valence electrons. The summed E-state index contributed by atoms with van der Waals surface area (Å²) in [6, 6.07) is 7.37. The highest BCUT2D eigenvalue weighted by atomic mass is 35.5. The number of benzene rings is 1. The van der Waals surface area contributed by atoms with Gasteiger partial charge in [0.05, 0.1) is 4.91 Å². The molecule has 0 unspecified atom stereocenters. The largest absolute Gasteiger partial charge is 0.343 e. The van der Waals surface area contributed by atoms with Crippen LogP contribution in [0, 0.1) is 0 Å². The molecule has 1 aromatic rings. The maximum atomic E-state index is 12.6. The molecule has 2 saturated heterocycles. The Labute approximate surface area is 174 Å². The van der Waals surface area contributed by atoms with Gasteiger partial charge in [-0.3, -0.25) is 14.5 Å². The topological polar surface area (TPSA) is 40.6 Å². The lowest BCUT2D eigenvalue weighted by molar-refractivity contribution is -0.130. The van der Waals surface area contributed by atoms with Crippen LogP contribution in [0.2, 0.25) is 5.02 Å². The van der Waals surface area contributed by atoms with Crippen LogP contribution in [-0.4, -0.2) is 45.6 Å². The summed E-state index contributed by atoms with van der Waals surface area (Å²) in [6.07, 6.45) is 7.36. The van der Waals surface area contributed by atoms with Crippen LogP contribution in [-0.2, 0) is 9.59 Å². The SMILES string of the molecule is O=C(CCCCCN1C(=O)C(=Cc2ccc(Cl)cc2)SC1=S)N1CCCC1. The average Bonchev–Trinajstić information content (AvgIpc) is 3.27. The number of amides is 2. The number of rotatable bonds is 7. The Balaban J connectivity index is 1.43. The van der Waals surface area contributed by atoms with Crippen LogP contribution in [0.15, 0.2) is 29.2 Å². The minimum Gasteiger partial charge on any atom is -0.343 e. The van der Waals surface area contributed by atoms with E-state index < -0.39 is 0 Å². The highest BCUT2D eigenvalue weighted by Gasteiger charge is 2.31. The van der Waals surface area contributed by atoms with Crippen molar-refractivity contribution in [2.45, 2.75) is 38.5 Å². The molecular weight excluding hydrogens is 400 g/mol. The summed E-state index contributed by atoms with van der Waals surface area (Å²) in [6.45, 7) is 2.44. The quantitative estimate of drug-likeness (QED) is 0.362. The molecule has 0 saturated carbocycles. The van der Waals surface area contributed by atoms with Crippen LogP contribution in [0.3, 0.4) is 0 Å². The predicted molar refractivity (Wildman–Crippen MR) is 116 cm³/mol. The lowest BCUT2D eigenvalue weighted by Crippen LogP contribution is -2.29.